The Morgan fingerprint density at radius 1 is 0.906 bits per heavy atom. The van der Waals surface area contributed by atoms with Crippen LogP contribution in [0.2, 0.25) is 0 Å². The normalized spacial score (nSPS) is 16.9. The summed E-state index contributed by atoms with van der Waals surface area (Å²) in [6, 6.07) is 19.6. The van der Waals surface area contributed by atoms with Crippen LogP contribution in [0, 0.1) is 0 Å². The van der Waals surface area contributed by atoms with Gasteiger partial charge in [-0.2, -0.15) is 0 Å². The predicted octanol–water partition coefficient (Wildman–Crippen LogP) is 3.26. The van der Waals surface area contributed by atoms with Crippen molar-refractivity contribution in [2.75, 3.05) is 5.01 Å². The molecule has 5 rings (SSSR count). The molecule has 32 heavy (non-hydrogen) atoms. The fourth-order valence-electron chi connectivity index (χ4n) is 4.91. The second-order valence-corrected chi connectivity index (χ2v) is 8.27. The molecule has 1 aliphatic carbocycles. The van der Waals surface area contributed by atoms with Gasteiger partial charge in [-0.05, 0) is 43.4 Å². The fraction of sp³-hybridized carbons (Fsp3) is 0.240. The van der Waals surface area contributed by atoms with Crippen LogP contribution in [-0.2, 0) is 6.54 Å². The van der Waals surface area contributed by atoms with Gasteiger partial charge in [0.05, 0.1) is 0 Å². The van der Waals surface area contributed by atoms with E-state index in [2.05, 4.69) is 0 Å². The number of nitrogens with zero attached hydrogens (tertiary/aromatic N) is 3. The van der Waals surface area contributed by atoms with Crippen LogP contribution in [0.15, 0.2) is 77.7 Å². The molecule has 1 fully saturated rings. The summed E-state index contributed by atoms with van der Waals surface area (Å²) in [6.07, 6.45) is 4.35. The molecule has 162 valence electrons. The largest absolute Gasteiger partial charge is 0.502 e. The SMILES string of the molecule is O=C1c2c(O)c(=O)ccn2N(C(=O)c2ccccc2)C2(CCCC2)N1Cc1ccccc1. The van der Waals surface area contributed by atoms with E-state index in [4.69, 9.17) is 0 Å². The fourth-order valence-corrected chi connectivity index (χ4v) is 4.91. The third-order valence-electron chi connectivity index (χ3n) is 6.41. The second kappa shape index (κ2) is 7.67. The van der Waals surface area contributed by atoms with Crippen molar-refractivity contribution in [3.63, 3.8) is 0 Å². The zero-order valence-corrected chi connectivity index (χ0v) is 17.5. The van der Waals surface area contributed by atoms with Gasteiger partial charge in [0.1, 0.15) is 5.66 Å². The molecule has 0 bridgehead atoms. The van der Waals surface area contributed by atoms with E-state index >= 15 is 0 Å². The predicted molar refractivity (Wildman–Crippen MR) is 119 cm³/mol. The van der Waals surface area contributed by atoms with Gasteiger partial charge in [0, 0.05) is 24.4 Å². The number of amides is 2. The molecule has 2 heterocycles. The first-order valence-corrected chi connectivity index (χ1v) is 10.7. The van der Waals surface area contributed by atoms with E-state index in [1.165, 1.54) is 16.9 Å². The molecule has 0 unspecified atom stereocenters. The molecule has 0 atom stereocenters. The van der Waals surface area contributed by atoms with E-state index in [1.54, 1.807) is 34.2 Å². The van der Waals surface area contributed by atoms with E-state index in [9.17, 15) is 19.5 Å². The third-order valence-corrected chi connectivity index (χ3v) is 6.41. The van der Waals surface area contributed by atoms with E-state index in [0.717, 1.165) is 18.4 Å². The number of aromatic hydroxyl groups is 1. The molecule has 1 aromatic heterocycles. The van der Waals surface area contributed by atoms with Gasteiger partial charge < -0.3 is 10.0 Å². The summed E-state index contributed by atoms with van der Waals surface area (Å²) in [5.41, 5.74) is -0.356. The monoisotopic (exact) mass is 429 g/mol. The highest BCUT2D eigenvalue weighted by Crippen LogP contribution is 2.43. The summed E-state index contributed by atoms with van der Waals surface area (Å²) in [7, 11) is 0. The number of benzene rings is 2. The van der Waals surface area contributed by atoms with Crippen molar-refractivity contribution in [1.82, 2.24) is 9.58 Å². The topological polar surface area (TPSA) is 82.8 Å². The molecule has 7 nitrogen and oxygen atoms in total. The molecule has 2 aromatic carbocycles. The van der Waals surface area contributed by atoms with Crippen molar-refractivity contribution in [2.45, 2.75) is 37.9 Å². The third kappa shape index (κ3) is 3.00. The Morgan fingerprint density at radius 3 is 2.19 bits per heavy atom. The Bertz CT molecular complexity index is 1230. The molecular formula is C25H23N3O4. The first kappa shape index (κ1) is 20.1. The summed E-state index contributed by atoms with van der Waals surface area (Å²) in [5.74, 6) is -1.39. The lowest BCUT2D eigenvalue weighted by molar-refractivity contribution is 0.0230. The van der Waals surface area contributed by atoms with Crippen LogP contribution < -0.4 is 10.4 Å². The molecule has 2 amide bonds. The minimum Gasteiger partial charge on any atom is -0.502 e. The zero-order chi connectivity index (χ0) is 22.3. The van der Waals surface area contributed by atoms with Crippen LogP contribution in [0.3, 0.4) is 0 Å². The maximum Gasteiger partial charge on any atom is 0.278 e. The lowest BCUT2D eigenvalue weighted by atomic mass is 9.99. The van der Waals surface area contributed by atoms with Crippen molar-refractivity contribution in [3.05, 3.63) is 100.0 Å². The molecule has 1 aliphatic heterocycles. The van der Waals surface area contributed by atoms with Crippen molar-refractivity contribution in [2.24, 2.45) is 0 Å². The summed E-state index contributed by atoms with van der Waals surface area (Å²) in [4.78, 5) is 41.4. The smallest absolute Gasteiger partial charge is 0.278 e. The number of carbonyl (C=O) groups is 2. The highest BCUT2D eigenvalue weighted by Gasteiger charge is 2.54. The highest BCUT2D eigenvalue weighted by molar-refractivity contribution is 6.06. The highest BCUT2D eigenvalue weighted by atomic mass is 16.3. The Balaban J connectivity index is 1.74. The first-order chi connectivity index (χ1) is 15.5. The number of rotatable bonds is 3. The van der Waals surface area contributed by atoms with Gasteiger partial charge in [0.15, 0.2) is 11.4 Å². The average molecular weight is 429 g/mol. The minimum absolute atomic E-state index is 0.185. The van der Waals surface area contributed by atoms with Crippen molar-refractivity contribution >= 4 is 11.8 Å². The Morgan fingerprint density at radius 2 is 1.53 bits per heavy atom. The van der Waals surface area contributed by atoms with E-state index < -0.39 is 22.7 Å². The van der Waals surface area contributed by atoms with Crippen LogP contribution in [0.4, 0.5) is 0 Å². The van der Waals surface area contributed by atoms with Crippen molar-refractivity contribution in [1.29, 1.82) is 0 Å². The Labute approximate surface area is 185 Å². The number of aromatic nitrogens is 1. The van der Waals surface area contributed by atoms with Crippen LogP contribution in [-0.4, -0.2) is 32.2 Å². The van der Waals surface area contributed by atoms with E-state index in [0.29, 0.717) is 18.4 Å². The Hall–Kier alpha value is -3.87. The van der Waals surface area contributed by atoms with Crippen LogP contribution in [0.5, 0.6) is 5.75 Å². The van der Waals surface area contributed by atoms with Gasteiger partial charge >= 0.3 is 0 Å². The summed E-state index contributed by atoms with van der Waals surface area (Å²) in [5, 5.41) is 12.1. The molecule has 1 spiro atoms. The lowest BCUT2D eigenvalue weighted by Crippen LogP contribution is -2.70. The van der Waals surface area contributed by atoms with Gasteiger partial charge in [-0.15, -0.1) is 0 Å². The van der Waals surface area contributed by atoms with Gasteiger partial charge in [0.25, 0.3) is 11.8 Å². The van der Waals surface area contributed by atoms with E-state index in [-0.39, 0.29) is 18.1 Å². The van der Waals surface area contributed by atoms with Crippen LogP contribution in [0.1, 0.15) is 52.1 Å². The molecule has 7 heteroatoms. The minimum atomic E-state index is -0.894. The Kier molecular flexibility index (Phi) is 4.81. The lowest BCUT2D eigenvalue weighted by Gasteiger charge is -2.53. The van der Waals surface area contributed by atoms with E-state index in [1.807, 2.05) is 36.4 Å². The first-order valence-electron chi connectivity index (χ1n) is 10.7. The van der Waals surface area contributed by atoms with Gasteiger partial charge in [-0.25, -0.2) is 9.69 Å². The maximum atomic E-state index is 13.8. The molecule has 0 saturated heterocycles. The van der Waals surface area contributed by atoms with Crippen molar-refractivity contribution < 1.29 is 14.7 Å². The maximum absolute atomic E-state index is 13.8. The summed E-state index contributed by atoms with van der Waals surface area (Å²) < 4.78 is 1.38. The number of carbonyl (C=O) groups excluding carboxylic acids is 2. The molecule has 1 saturated carbocycles. The van der Waals surface area contributed by atoms with Gasteiger partial charge in [0.2, 0.25) is 5.43 Å². The number of hydrogen-bond donors (Lipinski definition) is 1. The number of hydrogen-bond acceptors (Lipinski definition) is 4. The number of pyridine rings is 1. The average Bonchev–Trinajstić information content (AvgIpc) is 3.30. The molecule has 1 N–H and O–H groups in total. The zero-order valence-electron chi connectivity index (χ0n) is 17.5. The second-order valence-electron chi connectivity index (χ2n) is 8.27. The number of fused-ring (bicyclic) bond motifs is 1. The van der Waals surface area contributed by atoms with Crippen LogP contribution >= 0.6 is 0 Å². The quantitative estimate of drug-likeness (QED) is 0.693. The standard InChI is InChI=1S/C25H23N3O4/c29-20-13-16-27-21(22(20)30)24(32)26(17-18-9-3-1-4-10-18)25(14-7-8-15-25)28(27)23(31)19-11-5-2-6-12-19/h1-6,9-13,16,30H,7-8,14-15,17H2. The molecule has 2 aliphatic rings. The van der Waals surface area contributed by atoms with Crippen LogP contribution in [0.25, 0.3) is 0 Å². The molecule has 0 radical (unpaired) electrons. The summed E-state index contributed by atoms with van der Waals surface area (Å²) in [6.45, 7) is 0.265. The van der Waals surface area contributed by atoms with Gasteiger partial charge in [-0.1, -0.05) is 48.5 Å². The van der Waals surface area contributed by atoms with Gasteiger partial charge in [-0.3, -0.25) is 14.4 Å². The molecular weight excluding hydrogens is 406 g/mol. The van der Waals surface area contributed by atoms with Crippen molar-refractivity contribution in [3.8, 4) is 5.75 Å². The summed E-state index contributed by atoms with van der Waals surface area (Å²) >= 11 is 0. The molecule has 3 aromatic rings.